The van der Waals surface area contributed by atoms with Crippen molar-refractivity contribution in [1.82, 2.24) is 5.32 Å². The monoisotopic (exact) mass is 272 g/mol. The van der Waals surface area contributed by atoms with Crippen molar-refractivity contribution in [2.45, 2.75) is 25.8 Å². The van der Waals surface area contributed by atoms with Gasteiger partial charge in [-0.25, -0.2) is 0 Å². The molecular formula is C13H18Cl2N2. The van der Waals surface area contributed by atoms with Gasteiger partial charge in [-0.2, -0.15) is 0 Å². The summed E-state index contributed by atoms with van der Waals surface area (Å²) in [6.45, 7) is 5.37. The summed E-state index contributed by atoms with van der Waals surface area (Å²) < 4.78 is 0. The summed E-state index contributed by atoms with van der Waals surface area (Å²) in [7, 11) is 0. The van der Waals surface area contributed by atoms with E-state index in [2.05, 4.69) is 17.1 Å². The molecule has 0 radical (unpaired) electrons. The first-order valence-corrected chi connectivity index (χ1v) is 6.89. The highest BCUT2D eigenvalue weighted by Gasteiger charge is 2.18. The predicted molar refractivity (Wildman–Crippen MR) is 75.4 cm³/mol. The van der Waals surface area contributed by atoms with Crippen molar-refractivity contribution < 1.29 is 0 Å². The van der Waals surface area contributed by atoms with E-state index < -0.39 is 0 Å². The zero-order valence-electron chi connectivity index (χ0n) is 10.0. The van der Waals surface area contributed by atoms with Crippen LogP contribution in [0, 0.1) is 0 Å². The maximum atomic E-state index is 6.04. The molecule has 0 atom stereocenters. The Morgan fingerprint density at radius 3 is 2.53 bits per heavy atom. The number of piperidine rings is 1. The van der Waals surface area contributed by atoms with E-state index in [1.165, 1.54) is 18.5 Å². The van der Waals surface area contributed by atoms with Gasteiger partial charge in [-0.05, 0) is 37.6 Å². The van der Waals surface area contributed by atoms with E-state index in [0.717, 1.165) is 19.6 Å². The van der Waals surface area contributed by atoms with Gasteiger partial charge >= 0.3 is 0 Å². The topological polar surface area (TPSA) is 15.3 Å². The molecule has 4 heteroatoms. The van der Waals surface area contributed by atoms with Crippen LogP contribution in [-0.4, -0.2) is 25.7 Å². The lowest BCUT2D eigenvalue weighted by Crippen LogP contribution is -2.42. The fourth-order valence-corrected chi connectivity index (χ4v) is 2.60. The first kappa shape index (κ1) is 13.0. The molecule has 1 aromatic rings. The minimum atomic E-state index is 0.623. The van der Waals surface area contributed by atoms with Crippen molar-refractivity contribution in [2.75, 3.05) is 24.5 Å². The van der Waals surface area contributed by atoms with Gasteiger partial charge in [0.15, 0.2) is 0 Å². The molecule has 1 saturated heterocycles. The molecule has 0 unspecified atom stereocenters. The van der Waals surface area contributed by atoms with Gasteiger partial charge in [0.25, 0.3) is 0 Å². The highest BCUT2D eigenvalue weighted by Crippen LogP contribution is 2.28. The van der Waals surface area contributed by atoms with Gasteiger partial charge in [-0.1, -0.05) is 30.1 Å². The second kappa shape index (κ2) is 5.94. The maximum Gasteiger partial charge on any atom is 0.0612 e. The van der Waals surface area contributed by atoms with Crippen LogP contribution in [0.25, 0.3) is 0 Å². The Hall–Kier alpha value is -0.440. The first-order valence-electron chi connectivity index (χ1n) is 6.14. The molecule has 1 N–H and O–H groups in total. The van der Waals surface area contributed by atoms with Gasteiger partial charge in [0.1, 0.15) is 0 Å². The van der Waals surface area contributed by atoms with Gasteiger partial charge in [-0.15, -0.1) is 0 Å². The van der Waals surface area contributed by atoms with Crippen LogP contribution in [0.3, 0.4) is 0 Å². The van der Waals surface area contributed by atoms with Crippen molar-refractivity contribution in [3.63, 3.8) is 0 Å². The number of rotatable bonds is 3. The molecular weight excluding hydrogens is 255 g/mol. The van der Waals surface area contributed by atoms with E-state index in [1.807, 2.05) is 18.2 Å². The Kier molecular flexibility index (Phi) is 4.55. The molecule has 94 valence electrons. The molecule has 0 saturated carbocycles. The minimum absolute atomic E-state index is 0.623. The smallest absolute Gasteiger partial charge is 0.0612 e. The lowest BCUT2D eigenvalue weighted by molar-refractivity contribution is 0.424. The number of nitrogens with zero attached hydrogens (tertiary/aromatic N) is 1. The second-order valence-corrected chi connectivity index (χ2v) is 5.23. The Morgan fingerprint density at radius 1 is 1.24 bits per heavy atom. The summed E-state index contributed by atoms with van der Waals surface area (Å²) in [6.07, 6.45) is 2.38. The van der Waals surface area contributed by atoms with Crippen molar-refractivity contribution in [3.05, 3.63) is 28.2 Å². The standard InChI is InChI=1S/C13H18Cl2N2/c1-2-16-10-5-7-17(8-6-10)11-3-4-12(14)13(15)9-11/h3-4,9-10,16H,2,5-8H2,1H3. The third-order valence-corrected chi connectivity index (χ3v) is 4.00. The van der Waals surface area contributed by atoms with Crippen LogP contribution in [0.5, 0.6) is 0 Å². The Morgan fingerprint density at radius 2 is 1.94 bits per heavy atom. The molecule has 1 heterocycles. The van der Waals surface area contributed by atoms with Gasteiger partial charge in [0.2, 0.25) is 0 Å². The lowest BCUT2D eigenvalue weighted by Gasteiger charge is -2.34. The molecule has 1 aliphatic rings. The summed E-state index contributed by atoms with van der Waals surface area (Å²) in [5.41, 5.74) is 1.18. The minimum Gasteiger partial charge on any atom is -0.371 e. The Labute approximate surface area is 113 Å². The molecule has 2 nitrogen and oxygen atoms in total. The van der Waals surface area contributed by atoms with Crippen LogP contribution in [0.4, 0.5) is 5.69 Å². The van der Waals surface area contributed by atoms with Crippen LogP contribution in [0.2, 0.25) is 10.0 Å². The Balaban J connectivity index is 1.98. The highest BCUT2D eigenvalue weighted by atomic mass is 35.5. The maximum absolute atomic E-state index is 6.04. The molecule has 2 rings (SSSR count). The van der Waals surface area contributed by atoms with Crippen molar-refractivity contribution in [3.8, 4) is 0 Å². The van der Waals surface area contributed by atoms with E-state index in [1.54, 1.807) is 0 Å². The molecule has 0 aliphatic carbocycles. The normalized spacial score (nSPS) is 17.5. The summed E-state index contributed by atoms with van der Waals surface area (Å²) in [4.78, 5) is 2.37. The largest absolute Gasteiger partial charge is 0.371 e. The van der Waals surface area contributed by atoms with Crippen molar-refractivity contribution in [2.24, 2.45) is 0 Å². The van der Waals surface area contributed by atoms with Crippen LogP contribution in [-0.2, 0) is 0 Å². The van der Waals surface area contributed by atoms with Gasteiger partial charge < -0.3 is 10.2 Å². The summed E-state index contributed by atoms with van der Waals surface area (Å²) in [5, 5.41) is 4.76. The second-order valence-electron chi connectivity index (χ2n) is 4.42. The Bertz CT molecular complexity index is 374. The molecule has 1 aliphatic heterocycles. The van der Waals surface area contributed by atoms with Crippen molar-refractivity contribution >= 4 is 28.9 Å². The SMILES string of the molecule is CCNC1CCN(c2ccc(Cl)c(Cl)c2)CC1. The molecule has 17 heavy (non-hydrogen) atoms. The molecule has 0 bridgehead atoms. The van der Waals surface area contributed by atoms with E-state index in [-0.39, 0.29) is 0 Å². The lowest BCUT2D eigenvalue weighted by atomic mass is 10.0. The van der Waals surface area contributed by atoms with Gasteiger partial charge in [0, 0.05) is 24.8 Å². The number of nitrogens with one attached hydrogen (secondary N) is 1. The third-order valence-electron chi connectivity index (χ3n) is 3.26. The molecule has 0 aromatic heterocycles. The quantitative estimate of drug-likeness (QED) is 0.905. The van der Waals surface area contributed by atoms with E-state index in [4.69, 9.17) is 23.2 Å². The van der Waals surface area contributed by atoms with Crippen LogP contribution in [0.15, 0.2) is 18.2 Å². The van der Waals surface area contributed by atoms with Crippen LogP contribution >= 0.6 is 23.2 Å². The molecule has 1 fully saturated rings. The third kappa shape index (κ3) is 3.27. The average molecular weight is 273 g/mol. The first-order chi connectivity index (χ1) is 8.20. The highest BCUT2D eigenvalue weighted by molar-refractivity contribution is 6.42. The molecule has 0 spiro atoms. The fraction of sp³-hybridized carbons (Fsp3) is 0.538. The van der Waals surface area contributed by atoms with Crippen LogP contribution in [0.1, 0.15) is 19.8 Å². The fourth-order valence-electron chi connectivity index (χ4n) is 2.31. The van der Waals surface area contributed by atoms with E-state index in [0.29, 0.717) is 16.1 Å². The van der Waals surface area contributed by atoms with E-state index in [9.17, 15) is 0 Å². The molecule has 0 amide bonds. The predicted octanol–water partition coefficient (Wildman–Crippen LogP) is 3.57. The van der Waals surface area contributed by atoms with Gasteiger partial charge in [0.05, 0.1) is 10.0 Å². The number of halogens is 2. The number of hydrogen-bond donors (Lipinski definition) is 1. The summed E-state index contributed by atoms with van der Waals surface area (Å²) in [5.74, 6) is 0. The summed E-state index contributed by atoms with van der Waals surface area (Å²) >= 11 is 12.0. The molecule has 1 aromatic carbocycles. The summed E-state index contributed by atoms with van der Waals surface area (Å²) in [6, 6.07) is 6.54. The number of hydrogen-bond acceptors (Lipinski definition) is 2. The average Bonchev–Trinajstić information content (AvgIpc) is 2.34. The van der Waals surface area contributed by atoms with Gasteiger partial charge in [-0.3, -0.25) is 0 Å². The zero-order chi connectivity index (χ0) is 12.3. The van der Waals surface area contributed by atoms with Crippen molar-refractivity contribution in [1.29, 1.82) is 0 Å². The number of anilines is 1. The van der Waals surface area contributed by atoms with E-state index >= 15 is 0 Å². The zero-order valence-corrected chi connectivity index (χ0v) is 11.6. The number of benzene rings is 1. The van der Waals surface area contributed by atoms with Crippen LogP contribution < -0.4 is 10.2 Å².